The molecule has 5 heteroatoms. The lowest BCUT2D eigenvalue weighted by atomic mass is 9.97. The molecule has 1 N–H and O–H groups in total. The van der Waals surface area contributed by atoms with Crippen LogP contribution in [0.25, 0.3) is 0 Å². The van der Waals surface area contributed by atoms with Crippen molar-refractivity contribution in [2.75, 3.05) is 13.7 Å². The highest BCUT2D eigenvalue weighted by Gasteiger charge is 2.34. The molecule has 1 aromatic heterocycles. The maximum Gasteiger partial charge on any atom is 0.130 e. The number of halogens is 1. The zero-order valence-corrected chi connectivity index (χ0v) is 11.8. The number of methoxy groups -OCH3 is 1. The van der Waals surface area contributed by atoms with Gasteiger partial charge in [-0.15, -0.1) is 0 Å². The van der Waals surface area contributed by atoms with E-state index in [1.165, 1.54) is 0 Å². The van der Waals surface area contributed by atoms with Crippen LogP contribution in [0, 0.1) is 0 Å². The van der Waals surface area contributed by atoms with Gasteiger partial charge < -0.3 is 9.84 Å². The molecule has 1 unspecified atom stereocenters. The second-order valence-electron chi connectivity index (χ2n) is 4.20. The van der Waals surface area contributed by atoms with Crippen molar-refractivity contribution in [3.63, 3.8) is 0 Å². The number of aliphatic hydroxyl groups is 1. The van der Waals surface area contributed by atoms with Crippen molar-refractivity contribution in [3.8, 4) is 0 Å². The standard InChI is InChI=1S/C11H19BrN2O2/c1-5-11(15,7-16-4)10-9(12)6-13-14(10)8(2)3/h6,8,15H,5,7H2,1-4H3. The van der Waals surface area contributed by atoms with Crippen molar-refractivity contribution >= 4 is 15.9 Å². The van der Waals surface area contributed by atoms with Gasteiger partial charge in [0.1, 0.15) is 5.60 Å². The Kier molecular flexibility index (Phi) is 4.52. The predicted molar refractivity (Wildman–Crippen MR) is 66.4 cm³/mol. The van der Waals surface area contributed by atoms with Gasteiger partial charge in [0, 0.05) is 13.2 Å². The zero-order valence-electron chi connectivity index (χ0n) is 10.2. The Bertz CT molecular complexity index is 352. The lowest BCUT2D eigenvalue weighted by Crippen LogP contribution is -2.34. The molecule has 1 rings (SSSR count). The molecule has 16 heavy (non-hydrogen) atoms. The van der Waals surface area contributed by atoms with Crippen molar-refractivity contribution in [2.24, 2.45) is 0 Å². The van der Waals surface area contributed by atoms with Crippen molar-refractivity contribution in [2.45, 2.75) is 38.8 Å². The quantitative estimate of drug-likeness (QED) is 0.906. The molecule has 0 aliphatic heterocycles. The van der Waals surface area contributed by atoms with Crippen LogP contribution in [-0.2, 0) is 10.3 Å². The van der Waals surface area contributed by atoms with E-state index < -0.39 is 5.60 Å². The van der Waals surface area contributed by atoms with E-state index in [0.717, 1.165) is 10.2 Å². The Morgan fingerprint density at radius 2 is 2.25 bits per heavy atom. The van der Waals surface area contributed by atoms with Crippen LogP contribution in [0.4, 0.5) is 0 Å². The fourth-order valence-electron chi connectivity index (χ4n) is 1.74. The summed E-state index contributed by atoms with van der Waals surface area (Å²) in [5.74, 6) is 0. The molecular weight excluding hydrogens is 272 g/mol. The van der Waals surface area contributed by atoms with Gasteiger partial charge in [0.2, 0.25) is 0 Å². The van der Waals surface area contributed by atoms with Crippen LogP contribution in [0.3, 0.4) is 0 Å². The summed E-state index contributed by atoms with van der Waals surface area (Å²) in [6.45, 7) is 6.27. The van der Waals surface area contributed by atoms with E-state index in [-0.39, 0.29) is 12.6 Å². The Labute approximate surface area is 105 Å². The summed E-state index contributed by atoms with van der Waals surface area (Å²) in [5.41, 5.74) is -0.208. The second kappa shape index (κ2) is 5.29. The highest BCUT2D eigenvalue weighted by atomic mass is 79.9. The first-order chi connectivity index (χ1) is 7.46. The molecule has 0 aliphatic carbocycles. The van der Waals surface area contributed by atoms with Gasteiger partial charge in [0.25, 0.3) is 0 Å². The molecule has 0 radical (unpaired) electrons. The second-order valence-corrected chi connectivity index (χ2v) is 5.05. The molecule has 0 saturated heterocycles. The number of rotatable bonds is 5. The van der Waals surface area contributed by atoms with Crippen molar-refractivity contribution in [1.29, 1.82) is 0 Å². The van der Waals surface area contributed by atoms with E-state index >= 15 is 0 Å². The molecule has 0 amide bonds. The first-order valence-electron chi connectivity index (χ1n) is 5.41. The molecule has 4 nitrogen and oxygen atoms in total. The van der Waals surface area contributed by atoms with Crippen LogP contribution < -0.4 is 0 Å². The van der Waals surface area contributed by atoms with Gasteiger partial charge in [0.05, 0.1) is 23.0 Å². The molecule has 0 aliphatic rings. The first kappa shape index (κ1) is 13.7. The maximum atomic E-state index is 10.6. The van der Waals surface area contributed by atoms with E-state index in [1.807, 2.05) is 25.5 Å². The highest BCUT2D eigenvalue weighted by Crippen LogP contribution is 2.33. The average molecular weight is 291 g/mol. The number of nitrogens with zero attached hydrogens (tertiary/aromatic N) is 2. The fraction of sp³-hybridized carbons (Fsp3) is 0.727. The van der Waals surface area contributed by atoms with Crippen LogP contribution in [0.2, 0.25) is 0 Å². The monoisotopic (exact) mass is 290 g/mol. The van der Waals surface area contributed by atoms with Crippen molar-refractivity contribution in [3.05, 3.63) is 16.4 Å². The van der Waals surface area contributed by atoms with E-state index in [0.29, 0.717) is 6.42 Å². The van der Waals surface area contributed by atoms with Gasteiger partial charge in [-0.2, -0.15) is 5.10 Å². The van der Waals surface area contributed by atoms with Gasteiger partial charge in [-0.1, -0.05) is 6.92 Å². The van der Waals surface area contributed by atoms with Gasteiger partial charge >= 0.3 is 0 Å². The van der Waals surface area contributed by atoms with Crippen LogP contribution in [0.1, 0.15) is 38.9 Å². The summed E-state index contributed by atoms with van der Waals surface area (Å²) >= 11 is 3.43. The Morgan fingerprint density at radius 3 is 2.69 bits per heavy atom. The van der Waals surface area contributed by atoms with Gasteiger partial charge in [-0.05, 0) is 36.2 Å². The van der Waals surface area contributed by atoms with Crippen molar-refractivity contribution < 1.29 is 9.84 Å². The summed E-state index contributed by atoms with van der Waals surface area (Å²) in [6.07, 6.45) is 2.30. The minimum Gasteiger partial charge on any atom is -0.381 e. The summed E-state index contributed by atoms with van der Waals surface area (Å²) in [5, 5.41) is 14.8. The third-order valence-electron chi connectivity index (χ3n) is 2.65. The number of ether oxygens (including phenoxy) is 1. The van der Waals surface area contributed by atoms with Gasteiger partial charge in [-0.3, -0.25) is 4.68 Å². The molecule has 0 fully saturated rings. The minimum atomic E-state index is -0.992. The molecule has 1 aromatic rings. The Balaban J connectivity index is 3.22. The Morgan fingerprint density at radius 1 is 1.62 bits per heavy atom. The number of hydrogen-bond acceptors (Lipinski definition) is 3. The molecule has 1 heterocycles. The molecule has 92 valence electrons. The lowest BCUT2D eigenvalue weighted by molar-refractivity contribution is -0.0460. The molecular formula is C11H19BrN2O2. The minimum absolute atomic E-state index is 0.205. The maximum absolute atomic E-state index is 10.6. The molecule has 0 bridgehead atoms. The normalized spacial score (nSPS) is 15.4. The number of aromatic nitrogens is 2. The Hall–Kier alpha value is -0.390. The molecule has 1 atom stereocenters. The van der Waals surface area contributed by atoms with Crippen LogP contribution >= 0.6 is 15.9 Å². The molecule has 0 spiro atoms. The van der Waals surface area contributed by atoms with Crippen LogP contribution in [0.15, 0.2) is 10.7 Å². The molecule has 0 saturated carbocycles. The zero-order chi connectivity index (χ0) is 12.3. The summed E-state index contributed by atoms with van der Waals surface area (Å²) < 4.78 is 7.75. The van der Waals surface area contributed by atoms with Gasteiger partial charge in [0.15, 0.2) is 0 Å². The molecule has 0 aromatic carbocycles. The van der Waals surface area contributed by atoms with E-state index in [2.05, 4.69) is 21.0 Å². The predicted octanol–water partition coefficient (Wildman–Crippen LogP) is 2.47. The fourth-order valence-corrected chi connectivity index (χ4v) is 2.39. The lowest BCUT2D eigenvalue weighted by Gasteiger charge is -2.28. The van der Waals surface area contributed by atoms with E-state index in [1.54, 1.807) is 13.3 Å². The van der Waals surface area contributed by atoms with Crippen LogP contribution in [-0.4, -0.2) is 28.6 Å². The van der Waals surface area contributed by atoms with Crippen molar-refractivity contribution in [1.82, 2.24) is 9.78 Å². The summed E-state index contributed by atoms with van der Waals surface area (Å²) in [7, 11) is 1.59. The SMILES string of the molecule is CCC(O)(COC)c1c(Br)cnn1C(C)C. The smallest absolute Gasteiger partial charge is 0.130 e. The van der Waals surface area contributed by atoms with Crippen LogP contribution in [0.5, 0.6) is 0 Å². The van der Waals surface area contributed by atoms with E-state index in [4.69, 9.17) is 4.74 Å². The summed E-state index contributed by atoms with van der Waals surface area (Å²) in [6, 6.07) is 0.205. The highest BCUT2D eigenvalue weighted by molar-refractivity contribution is 9.10. The largest absolute Gasteiger partial charge is 0.381 e. The third-order valence-corrected chi connectivity index (χ3v) is 3.23. The first-order valence-corrected chi connectivity index (χ1v) is 6.20. The number of hydrogen-bond donors (Lipinski definition) is 1. The van der Waals surface area contributed by atoms with E-state index in [9.17, 15) is 5.11 Å². The summed E-state index contributed by atoms with van der Waals surface area (Å²) in [4.78, 5) is 0. The topological polar surface area (TPSA) is 47.3 Å². The third kappa shape index (κ3) is 2.47. The van der Waals surface area contributed by atoms with Gasteiger partial charge in [-0.25, -0.2) is 0 Å². The average Bonchev–Trinajstić information content (AvgIpc) is 2.61.